The average Bonchev–Trinajstić information content (AvgIpc) is 1.26. The SMILES string of the molecule is CN(C)CCN(C)C(=O)c1cccn2c(=O)c3cc4ccccc4cc3nc12.O=C(NCCN1CCNC1=O)c1cccn2c(=O)c3cc4ccccc4cc3nc12.O=C(NCCc1ccccc1)c1cccn2c(=O)c3cc4ccccc4cc3nc12.O=C(NCCc1ccccn1)c1cccn2c(=O)c3cc4ccccc4cc3nc12.O=C(NCCn1ccnc1)c1cccn2c(=O)c3cc4ccccc4cc3nc12. The smallest absolute Gasteiger partial charge is 0.317 e. The summed E-state index contributed by atoms with van der Waals surface area (Å²) in [5, 5.41) is 26.8. The maximum atomic E-state index is 13.1. The van der Waals surface area contributed by atoms with Crippen molar-refractivity contribution < 1.29 is 28.8 Å². The molecule has 13 heterocycles. The van der Waals surface area contributed by atoms with Crippen LogP contribution in [0, 0.1) is 0 Å². The van der Waals surface area contributed by atoms with E-state index >= 15 is 0 Å². The van der Waals surface area contributed by atoms with Crippen LogP contribution in [0.2, 0.25) is 0 Å². The van der Waals surface area contributed by atoms with E-state index in [1.54, 1.807) is 127 Å². The summed E-state index contributed by atoms with van der Waals surface area (Å²) in [5.74, 6) is -1.26. The Balaban J connectivity index is 0.000000112. The molecule has 0 radical (unpaired) electrons. The summed E-state index contributed by atoms with van der Waals surface area (Å²) < 4.78 is 9.06. The Morgan fingerprint density at radius 2 is 0.646 bits per heavy atom. The van der Waals surface area contributed by atoms with Gasteiger partial charge in [0.05, 0.1) is 88.7 Å². The lowest BCUT2D eigenvalue weighted by Gasteiger charge is -2.20. The van der Waals surface area contributed by atoms with Gasteiger partial charge in [0.25, 0.3) is 57.3 Å². The highest BCUT2D eigenvalue weighted by atomic mass is 16.2. The molecular weight excluding hydrogens is 1850 g/mol. The topological polar surface area (TPSA) is 375 Å². The van der Waals surface area contributed by atoms with Gasteiger partial charge in [-0.15, -0.1) is 0 Å². The Labute approximate surface area is 836 Å². The second kappa shape index (κ2) is 42.3. The first-order valence-corrected chi connectivity index (χ1v) is 47.8. The number of hydrogen-bond acceptors (Lipinski definition) is 19. The molecule has 1 aliphatic heterocycles. The second-order valence-electron chi connectivity index (χ2n) is 35.6. The lowest BCUT2D eigenvalue weighted by molar-refractivity contribution is 0.0786. The van der Waals surface area contributed by atoms with Crippen LogP contribution in [-0.4, -0.2) is 192 Å². The minimum absolute atomic E-state index is 0.124. The fourth-order valence-corrected chi connectivity index (χ4v) is 18.0. The number of carbonyl (C=O) groups is 6. The van der Waals surface area contributed by atoms with Crippen molar-refractivity contribution in [3.8, 4) is 0 Å². The zero-order valence-electron chi connectivity index (χ0n) is 80.0. The molecule has 1 aliphatic rings. The van der Waals surface area contributed by atoms with Crippen molar-refractivity contribution >= 4 is 172 Å². The number of imidazole rings is 1. The van der Waals surface area contributed by atoms with Gasteiger partial charge in [-0.1, -0.05) is 158 Å². The van der Waals surface area contributed by atoms with Gasteiger partial charge in [0.1, 0.15) is 0 Å². The molecule has 147 heavy (non-hydrogen) atoms. The Kier molecular flexibility index (Phi) is 27.4. The van der Waals surface area contributed by atoms with Gasteiger partial charge >= 0.3 is 6.03 Å². The molecule has 0 bridgehead atoms. The standard InChI is InChI=1S/C25H19N3O2.C24H18N4O2.C22H19N5O3.C22H17N5O2.C22H22N4O2/c29-24(26-13-12-17-7-2-1-3-8-17)20-11-6-14-28-23(20)27-22-16-19-10-5-4-9-18(19)15-21(22)25(28)30;29-23(26-12-10-18-8-3-4-11-25-18)19-9-5-13-28-22(19)27-21-15-17-7-2-1-6-16(17)14-20(21)24(28)30;28-20(23-7-10-26-11-8-24-22(26)30)16-6-3-9-27-19(16)25-18-13-15-5-2-1-4-14(15)12-17(18)21(27)29;28-21(24-8-11-26-10-7-23-14-26)17-6-3-9-27-20(17)25-19-13-16-5-2-1-4-15(16)12-18(19)22(27)29;1-24(2)11-12-25(3)21(27)17-9-6-10-26-20(17)23-19-14-16-8-5-4-7-15(16)13-18(19)22(26)28/h1-11,14-16H,12-13H2,(H,26,29);1-9,11,13-15H,10,12H2,(H,26,29);1-6,9,12-13H,7-8,10-11H2,(H,23,28)(H,24,30);1-7,9-10,12-14H,8,11H2,(H,24,28);4-10,13-14H,11-12H2,1-3H3. The number of hydrogen-bond donors (Lipinski definition) is 5. The summed E-state index contributed by atoms with van der Waals surface area (Å²) in [4.78, 5) is 178. The number of benzene rings is 11. The molecule has 0 unspecified atom stereocenters. The van der Waals surface area contributed by atoms with E-state index in [9.17, 15) is 52.7 Å². The number of urea groups is 1. The Morgan fingerprint density at radius 1 is 0.327 bits per heavy atom. The molecular formula is C115H95N21O11. The van der Waals surface area contributed by atoms with Gasteiger partial charge in [0.2, 0.25) is 0 Å². The van der Waals surface area contributed by atoms with E-state index in [4.69, 9.17) is 4.98 Å². The quantitative estimate of drug-likeness (QED) is 0.0442. The molecule has 12 aromatic heterocycles. The van der Waals surface area contributed by atoms with Crippen LogP contribution in [0.1, 0.15) is 63.0 Å². The summed E-state index contributed by atoms with van der Waals surface area (Å²) in [6, 6.07) is 90.3. The van der Waals surface area contributed by atoms with E-state index in [2.05, 4.69) is 56.5 Å². The molecule has 32 nitrogen and oxygen atoms in total. The van der Waals surface area contributed by atoms with E-state index < -0.39 is 0 Å². The van der Waals surface area contributed by atoms with Crippen molar-refractivity contribution in [3.05, 3.63) is 438 Å². The van der Waals surface area contributed by atoms with Crippen molar-refractivity contribution in [1.29, 1.82) is 0 Å². The third-order valence-corrected chi connectivity index (χ3v) is 25.7. The molecule has 0 saturated carbocycles. The molecule has 5 N–H and O–H groups in total. The van der Waals surface area contributed by atoms with Crippen molar-refractivity contribution in [2.45, 2.75) is 19.4 Å². The number of pyridine rings is 6. The van der Waals surface area contributed by atoms with E-state index in [0.29, 0.717) is 176 Å². The highest BCUT2D eigenvalue weighted by Crippen LogP contribution is 2.29. The third kappa shape index (κ3) is 20.3. The molecule has 7 amide bonds. The number of amides is 7. The summed E-state index contributed by atoms with van der Waals surface area (Å²) in [7, 11) is 5.70. The molecule has 11 aromatic carbocycles. The number of aromatic nitrogens is 13. The van der Waals surface area contributed by atoms with E-state index in [0.717, 1.165) is 78.1 Å². The zero-order chi connectivity index (χ0) is 101. The molecule has 23 aromatic rings. The minimum atomic E-state index is -0.334. The third-order valence-electron chi connectivity index (χ3n) is 25.7. The number of fused-ring (bicyclic) bond motifs is 15. The van der Waals surface area contributed by atoms with Crippen LogP contribution in [0.5, 0.6) is 0 Å². The van der Waals surface area contributed by atoms with Crippen molar-refractivity contribution in [2.24, 2.45) is 0 Å². The van der Waals surface area contributed by atoms with Crippen LogP contribution in [0.3, 0.4) is 0 Å². The number of rotatable bonds is 20. The molecule has 0 atom stereocenters. The van der Waals surface area contributed by atoms with Crippen LogP contribution in [0.4, 0.5) is 4.79 Å². The maximum absolute atomic E-state index is 13.1. The summed E-state index contributed by atoms with van der Waals surface area (Å²) >= 11 is 0. The van der Waals surface area contributed by atoms with Gasteiger partial charge in [-0.25, -0.2) is 34.7 Å². The predicted octanol–water partition coefficient (Wildman–Crippen LogP) is 14.4. The van der Waals surface area contributed by atoms with E-state index in [1.165, 1.54) is 22.0 Å². The van der Waals surface area contributed by atoms with Crippen LogP contribution >= 0.6 is 0 Å². The van der Waals surface area contributed by atoms with Gasteiger partial charge in [-0.05, 0) is 213 Å². The maximum Gasteiger partial charge on any atom is 0.317 e. The average molecular weight is 1950 g/mol. The normalized spacial score (nSPS) is 11.8. The first kappa shape index (κ1) is 95.3. The van der Waals surface area contributed by atoms with Gasteiger partial charge in [-0.3, -0.25) is 74.9 Å². The zero-order valence-corrected chi connectivity index (χ0v) is 80.0. The second-order valence-corrected chi connectivity index (χ2v) is 35.6. The fourth-order valence-electron chi connectivity index (χ4n) is 18.0. The molecule has 726 valence electrons. The number of nitrogens with one attached hydrogen (secondary N) is 5. The van der Waals surface area contributed by atoms with Gasteiger partial charge in [-0.2, -0.15) is 0 Å². The van der Waals surface area contributed by atoms with E-state index in [-0.39, 0.29) is 63.4 Å². The Morgan fingerprint density at radius 3 is 0.973 bits per heavy atom. The largest absolute Gasteiger partial charge is 0.352 e. The molecule has 0 spiro atoms. The fraction of sp³-hybridized carbons (Fsp3) is 0.130. The van der Waals surface area contributed by atoms with Crippen molar-refractivity contribution in [1.82, 2.24) is 103 Å². The Hall–Kier alpha value is -19.2. The van der Waals surface area contributed by atoms with Gasteiger partial charge in [0.15, 0.2) is 28.2 Å². The molecule has 24 rings (SSSR count). The lowest BCUT2D eigenvalue weighted by atomic mass is 10.1. The minimum Gasteiger partial charge on any atom is -0.352 e. The number of carbonyl (C=O) groups excluding carboxylic acids is 6. The predicted molar refractivity (Wildman–Crippen MR) is 573 cm³/mol. The number of likely N-dealkylation sites (N-methyl/N-ethyl adjacent to an activating group) is 2. The first-order valence-electron chi connectivity index (χ1n) is 47.8. The van der Waals surface area contributed by atoms with Crippen LogP contribution in [-0.2, 0) is 19.4 Å². The molecule has 32 heteroatoms. The van der Waals surface area contributed by atoms with E-state index in [1.807, 2.05) is 260 Å². The van der Waals surface area contributed by atoms with Crippen LogP contribution in [0.15, 0.2) is 371 Å². The molecule has 1 saturated heterocycles. The summed E-state index contributed by atoms with van der Waals surface area (Å²) in [5.41, 5.74) is 7.61. The summed E-state index contributed by atoms with van der Waals surface area (Å²) in [6.45, 7) is 5.33. The molecule has 0 aliphatic carbocycles. The number of nitrogens with zero attached hydrogens (tertiary/aromatic N) is 16. The van der Waals surface area contributed by atoms with Crippen LogP contribution < -0.4 is 54.4 Å². The highest BCUT2D eigenvalue weighted by molar-refractivity contribution is 6.08. The van der Waals surface area contributed by atoms with Gasteiger partial charge in [0, 0.05) is 134 Å². The monoisotopic (exact) mass is 1950 g/mol. The van der Waals surface area contributed by atoms with Gasteiger partial charge < -0.3 is 45.9 Å². The lowest BCUT2D eigenvalue weighted by Crippen LogP contribution is -2.37. The van der Waals surface area contributed by atoms with Crippen LogP contribution in [0.25, 0.3) is 137 Å². The Bertz CT molecular complexity index is 9270. The van der Waals surface area contributed by atoms with Crippen molar-refractivity contribution in [2.75, 3.05) is 80.0 Å². The molecule has 1 fully saturated rings. The highest BCUT2D eigenvalue weighted by Gasteiger charge is 2.25. The first-order chi connectivity index (χ1) is 71.7. The van der Waals surface area contributed by atoms with Crippen molar-refractivity contribution in [3.63, 3.8) is 0 Å². The summed E-state index contributed by atoms with van der Waals surface area (Å²) in [6.07, 6.45) is 16.5.